The molecule has 11 aliphatic rings. The highest BCUT2D eigenvalue weighted by Crippen LogP contribution is 2.55. The van der Waals surface area contributed by atoms with Crippen LogP contribution < -0.4 is 14.8 Å². The van der Waals surface area contributed by atoms with E-state index in [-0.39, 0.29) is 56.8 Å². The van der Waals surface area contributed by atoms with Gasteiger partial charge in [-0.25, -0.2) is 9.97 Å². The highest BCUT2D eigenvalue weighted by atomic mass is 32.2. The number of hydrogen-bond acceptors (Lipinski definition) is 9. The fourth-order valence-electron chi connectivity index (χ4n) is 22.5. The van der Waals surface area contributed by atoms with E-state index < -0.39 is 12.5 Å². The minimum absolute atomic E-state index is 0.0808. The maximum atomic E-state index is 14.1. The molecule has 4 aliphatic heterocycles. The molecule has 4 aromatic rings. The predicted molar refractivity (Wildman–Crippen MR) is 467 cm³/mol. The van der Waals surface area contributed by atoms with Gasteiger partial charge in [0, 0.05) is 52.6 Å². The van der Waals surface area contributed by atoms with Crippen LogP contribution in [0.1, 0.15) is 327 Å². The molecule has 594 valence electrons. The first-order chi connectivity index (χ1) is 53.0. The molecule has 7 saturated carbocycles. The highest BCUT2D eigenvalue weighted by Gasteiger charge is 2.46. The first kappa shape index (κ1) is 80.2. The first-order valence-electron chi connectivity index (χ1n) is 43.9. The van der Waals surface area contributed by atoms with Crippen molar-refractivity contribution in [3.05, 3.63) is 100 Å². The first-order valence-corrected chi connectivity index (χ1v) is 45.9. The van der Waals surface area contributed by atoms with Crippen molar-refractivity contribution in [3.63, 3.8) is 0 Å². The van der Waals surface area contributed by atoms with Crippen molar-refractivity contribution in [1.82, 2.24) is 34.3 Å². The number of carboxylic acids is 1. The second-order valence-electron chi connectivity index (χ2n) is 40.5. The topological polar surface area (TPSA) is 140 Å². The molecule has 0 radical (unpaired) electrons. The quantitative estimate of drug-likeness (QED) is 0.0695. The number of carbonyl (C=O) groups is 2. The number of carbonyl (C=O) groups excluding carboxylic acids is 1. The fraction of sp³-hybridized carbons (Fsp3) is 0.649. The Morgan fingerprint density at radius 3 is 1.54 bits per heavy atom. The lowest BCUT2D eigenvalue weighted by atomic mass is 9.59. The van der Waals surface area contributed by atoms with Gasteiger partial charge in [-0.2, -0.15) is 0 Å². The number of aromatic nitrogens is 5. The molecular weight excluding hydrogens is 1420 g/mol. The zero-order chi connectivity index (χ0) is 78.0. The van der Waals surface area contributed by atoms with Crippen LogP contribution in [-0.4, -0.2) is 80.8 Å². The number of aliphatic carboxylic acids is 1. The molecule has 8 heterocycles. The van der Waals surface area contributed by atoms with Crippen LogP contribution in [0.4, 0.5) is 0 Å². The smallest absolute Gasteiger partial charge is 0.323 e. The third kappa shape index (κ3) is 17.6. The van der Waals surface area contributed by atoms with Crippen LogP contribution in [0.15, 0.2) is 40.7 Å². The summed E-state index contributed by atoms with van der Waals surface area (Å²) in [6.07, 6.45) is 48.7. The minimum Gasteiger partial charge on any atom is -0.480 e. The average molecular weight is 1550 g/mol. The van der Waals surface area contributed by atoms with Crippen molar-refractivity contribution in [2.45, 2.75) is 300 Å². The number of nitrogens with one attached hydrogen (secondary N) is 2. The Bertz CT molecular complexity index is 4570. The van der Waals surface area contributed by atoms with Gasteiger partial charge in [-0.15, -0.1) is 11.3 Å². The van der Waals surface area contributed by atoms with Gasteiger partial charge >= 0.3 is 5.97 Å². The van der Waals surface area contributed by atoms with Crippen molar-refractivity contribution >= 4 is 109 Å². The minimum atomic E-state index is -1.14. The third-order valence-electron chi connectivity index (χ3n) is 29.4. The predicted octanol–water partition coefficient (Wildman–Crippen LogP) is 22.3. The zero-order valence-corrected chi connectivity index (χ0v) is 71.9. The second-order valence-corrected chi connectivity index (χ2v) is 43.2. The number of allylic oxidation sites excluding steroid dienone is 2. The van der Waals surface area contributed by atoms with Crippen LogP contribution in [0, 0.1) is 110 Å². The second kappa shape index (κ2) is 32.9. The number of thioether (sulfide) groups is 1. The summed E-state index contributed by atoms with van der Waals surface area (Å²) >= 11 is 7.88. The number of thiazole rings is 1. The standard InChI is InChI=1S/C97H129N7O4S3/c1-14-102-91(108)89(111-93(102)109)92-104(58-86(105)106)90(107)85(110-92)51-62-27-25-59(26-28-62)31-36-73-76-38-42-80(98-76)87(66-52-68(94(2,3)4)56-69(53-66)95(5,6)7)82-44-40-78(100-82)74(79-41-45-83(101-79)88(81-43-39-77(73)99-81)67-54-70(96(8,9)10)57-71(55-67)97(11,12)13)37-32-60-33-46-84-65(49-60)47-48-103(84)72-34-29-61(30-35-72)50-75(63-21-17-15-18-22-63)64-23-19-16-20-24-64/h38-45,50-51,59-72,84,100-101H,14-30,33-35,46-49,52-58H2,1-13H3,(H,105,106)/b76-73?,77-73?,78-74?,79-74?,85-51?,87-80?,87-82?,88-81?,88-83?,92-89+. The van der Waals surface area contributed by atoms with E-state index in [1.807, 2.05) is 18.6 Å². The van der Waals surface area contributed by atoms with E-state index in [1.165, 1.54) is 160 Å². The molecule has 11 nitrogen and oxygen atoms in total. The molecule has 7 atom stereocenters. The number of rotatable bonds is 10. The van der Waals surface area contributed by atoms with E-state index in [0.29, 0.717) is 66.5 Å². The SMILES string of the molecule is CCN1C(=O)/C(=c2\sc(=CC3CCC(C#Cc4c5nc(c(C6CC(C(C)(C)C)CC(C(C)(C)C)C6)c6ccc([nH]6)c(C#CC6CCC7C(CCN7C7CCC(C=C(C8CCCCC8)C8CCCCC8)CC7)C6)c6ccc([nH]6)c(C6CC(C(C)(C)C)CC(C(C)(C)C)C6)c6nc4C=C6)C=C5)CC3)c(=O)n2CC(=O)O)SC1=S. The van der Waals surface area contributed by atoms with Crippen LogP contribution in [0.3, 0.4) is 0 Å². The number of carboxylic acid groups (broad SMARTS) is 1. The highest BCUT2D eigenvalue weighted by molar-refractivity contribution is 8.30. The van der Waals surface area contributed by atoms with Gasteiger partial charge in [0.05, 0.1) is 49.5 Å². The van der Waals surface area contributed by atoms with E-state index in [9.17, 15) is 19.5 Å². The average Bonchev–Trinajstić information content (AvgIpc) is 1.69. The molecule has 9 fully saturated rings. The molecule has 4 aromatic heterocycles. The number of amides is 1. The molecule has 0 aromatic carbocycles. The summed E-state index contributed by atoms with van der Waals surface area (Å²) < 4.78 is 2.47. The molecule has 15 rings (SSSR count). The summed E-state index contributed by atoms with van der Waals surface area (Å²) in [4.78, 5) is 64.8. The van der Waals surface area contributed by atoms with Gasteiger partial charge in [-0.1, -0.05) is 187 Å². The van der Waals surface area contributed by atoms with Gasteiger partial charge in [-0.05, 0) is 290 Å². The monoisotopic (exact) mass is 1550 g/mol. The van der Waals surface area contributed by atoms with Crippen LogP contribution >= 0.6 is 35.3 Å². The van der Waals surface area contributed by atoms with E-state index in [0.717, 1.165) is 149 Å². The van der Waals surface area contributed by atoms with Gasteiger partial charge in [-0.3, -0.25) is 28.8 Å². The Morgan fingerprint density at radius 2 is 1.05 bits per heavy atom. The van der Waals surface area contributed by atoms with Crippen LogP contribution in [-0.2, 0) is 16.1 Å². The zero-order valence-electron chi connectivity index (χ0n) is 69.5. The van der Waals surface area contributed by atoms with Crippen LogP contribution in [0.2, 0.25) is 0 Å². The lowest BCUT2D eigenvalue weighted by Gasteiger charge is -2.46. The molecule has 0 spiro atoms. The molecule has 8 bridgehead atoms. The largest absolute Gasteiger partial charge is 0.480 e. The number of H-pyrrole nitrogens is 2. The number of hydrogen-bond donors (Lipinski definition) is 3. The molecular formula is C97H129N7O4S3. The van der Waals surface area contributed by atoms with Crippen LogP contribution in [0.25, 0.3) is 57.4 Å². The van der Waals surface area contributed by atoms with Gasteiger partial charge in [0.2, 0.25) is 0 Å². The molecule has 7 aliphatic carbocycles. The Hall–Kier alpha value is -6.03. The summed E-state index contributed by atoms with van der Waals surface area (Å²) in [5, 5.41) is 9.96. The molecule has 14 heteroatoms. The fourth-order valence-corrected chi connectivity index (χ4v) is 25.2. The maximum absolute atomic E-state index is 14.1. The van der Waals surface area contributed by atoms with E-state index in [2.05, 4.69) is 176 Å². The molecule has 2 saturated heterocycles. The summed E-state index contributed by atoms with van der Waals surface area (Å²) in [6.45, 7) is 32.4. The van der Waals surface area contributed by atoms with Crippen molar-refractivity contribution in [3.8, 4) is 23.7 Å². The lowest BCUT2D eigenvalue weighted by Crippen LogP contribution is -2.44. The van der Waals surface area contributed by atoms with Crippen molar-refractivity contribution < 1.29 is 14.7 Å². The van der Waals surface area contributed by atoms with Gasteiger partial charge < -0.3 is 15.1 Å². The molecule has 1 amide bonds. The summed E-state index contributed by atoms with van der Waals surface area (Å²) in [7, 11) is 0. The molecule has 3 N–H and O–H groups in total. The van der Waals surface area contributed by atoms with Gasteiger partial charge in [0.1, 0.15) is 20.4 Å². The number of aromatic amines is 2. The van der Waals surface area contributed by atoms with Gasteiger partial charge in [0.25, 0.3) is 11.5 Å². The van der Waals surface area contributed by atoms with E-state index in [4.69, 9.17) is 22.2 Å². The Labute approximate surface area is 677 Å². The number of likely N-dealkylation sites (tertiary alicyclic amines) is 1. The number of thiocarbonyl (C=S) groups is 1. The Balaban J connectivity index is 0.804. The Morgan fingerprint density at radius 1 is 0.568 bits per heavy atom. The van der Waals surface area contributed by atoms with Crippen molar-refractivity contribution in [2.24, 2.45) is 86.8 Å². The van der Waals surface area contributed by atoms with Crippen LogP contribution in [0.5, 0.6) is 0 Å². The third-order valence-corrected chi connectivity index (χ3v) is 32.1. The normalized spacial score (nSPS) is 29.4. The number of fused-ring (bicyclic) bond motifs is 9. The summed E-state index contributed by atoms with van der Waals surface area (Å²) in [5.41, 5.74) is 14.5. The molecule has 7 unspecified atom stereocenters. The summed E-state index contributed by atoms with van der Waals surface area (Å²) in [6, 6.07) is 10.8. The van der Waals surface area contributed by atoms with Crippen molar-refractivity contribution in [1.29, 1.82) is 0 Å². The van der Waals surface area contributed by atoms with E-state index >= 15 is 0 Å². The van der Waals surface area contributed by atoms with Crippen molar-refractivity contribution in [2.75, 3.05) is 13.1 Å². The Kier molecular flexibility index (Phi) is 23.8. The number of nitrogens with zero attached hydrogens (tertiary/aromatic N) is 5. The maximum Gasteiger partial charge on any atom is 0.323 e. The summed E-state index contributed by atoms with van der Waals surface area (Å²) in [5.74, 6) is 20.7. The van der Waals surface area contributed by atoms with Gasteiger partial charge in [0.15, 0.2) is 0 Å². The van der Waals surface area contributed by atoms with E-state index in [1.54, 1.807) is 0 Å². The lowest BCUT2D eigenvalue weighted by molar-refractivity contribution is -0.137. The molecule has 111 heavy (non-hydrogen) atoms.